The molecule has 146 valence electrons. The van der Waals surface area contributed by atoms with Crippen LogP contribution in [0.1, 0.15) is 38.2 Å². The van der Waals surface area contributed by atoms with Gasteiger partial charge in [-0.1, -0.05) is 37.1 Å². The Balaban J connectivity index is 1.78. The molecule has 1 unspecified atom stereocenters. The van der Waals surface area contributed by atoms with Crippen LogP contribution in [0.2, 0.25) is 5.02 Å². The van der Waals surface area contributed by atoms with E-state index in [4.69, 9.17) is 16.0 Å². The van der Waals surface area contributed by atoms with Crippen molar-refractivity contribution in [3.05, 3.63) is 63.5 Å². The Hall–Kier alpha value is -2.30. The Morgan fingerprint density at radius 1 is 1.18 bits per heavy atom. The van der Waals surface area contributed by atoms with Crippen molar-refractivity contribution in [3.63, 3.8) is 0 Å². The minimum Gasteiger partial charge on any atom is -0.507 e. The minimum atomic E-state index is -0.101. The van der Waals surface area contributed by atoms with Crippen molar-refractivity contribution in [1.29, 1.82) is 0 Å². The molecule has 1 fully saturated rings. The van der Waals surface area contributed by atoms with Gasteiger partial charge in [-0.15, -0.1) is 0 Å². The van der Waals surface area contributed by atoms with Crippen LogP contribution in [0.5, 0.6) is 5.75 Å². The normalized spacial score (nSPS) is 17.9. The standard InChI is InChI=1S/C23H24ClNO3/c1-2-17-5-3-4-12-25(17)13-19-21(26)11-10-18-22(27)20(14-28-23(18)19)15-6-8-16(24)9-7-15/h6-11,14,17,26H,2-5,12-13H2,1H3. The lowest BCUT2D eigenvalue weighted by atomic mass is 9.98. The quantitative estimate of drug-likeness (QED) is 0.624. The number of aromatic hydroxyl groups is 1. The zero-order chi connectivity index (χ0) is 19.7. The number of phenols is 1. The van der Waals surface area contributed by atoms with Gasteiger partial charge in [-0.3, -0.25) is 9.69 Å². The summed E-state index contributed by atoms with van der Waals surface area (Å²) in [6.07, 6.45) is 6.15. The SMILES string of the molecule is CCC1CCCCN1Cc1c(O)ccc2c(=O)c(-c3ccc(Cl)cc3)coc12. The lowest BCUT2D eigenvalue weighted by molar-refractivity contribution is 0.135. The first-order chi connectivity index (χ1) is 13.6. The topological polar surface area (TPSA) is 53.7 Å². The molecule has 3 aromatic rings. The molecule has 2 heterocycles. The van der Waals surface area contributed by atoms with Gasteiger partial charge < -0.3 is 9.52 Å². The Labute approximate surface area is 169 Å². The highest BCUT2D eigenvalue weighted by Gasteiger charge is 2.24. The van der Waals surface area contributed by atoms with E-state index >= 15 is 0 Å². The van der Waals surface area contributed by atoms with E-state index in [0.717, 1.165) is 24.9 Å². The van der Waals surface area contributed by atoms with Crippen LogP contribution in [0.4, 0.5) is 0 Å². The number of hydrogen-bond donors (Lipinski definition) is 1. The summed E-state index contributed by atoms with van der Waals surface area (Å²) in [5, 5.41) is 11.6. The monoisotopic (exact) mass is 397 g/mol. The number of halogens is 1. The second-order valence-electron chi connectivity index (χ2n) is 7.45. The van der Waals surface area contributed by atoms with Gasteiger partial charge in [0.25, 0.3) is 0 Å². The first kappa shape index (κ1) is 19.0. The molecule has 0 spiro atoms. The van der Waals surface area contributed by atoms with Crippen LogP contribution in [-0.4, -0.2) is 22.6 Å². The van der Waals surface area contributed by atoms with Crippen molar-refractivity contribution in [3.8, 4) is 16.9 Å². The van der Waals surface area contributed by atoms with E-state index in [1.54, 1.807) is 36.4 Å². The van der Waals surface area contributed by atoms with Crippen molar-refractivity contribution in [1.82, 2.24) is 4.90 Å². The van der Waals surface area contributed by atoms with Crippen LogP contribution in [0.3, 0.4) is 0 Å². The predicted molar refractivity (Wildman–Crippen MR) is 113 cm³/mol. The highest BCUT2D eigenvalue weighted by atomic mass is 35.5. The zero-order valence-corrected chi connectivity index (χ0v) is 16.7. The van der Waals surface area contributed by atoms with E-state index in [9.17, 15) is 9.90 Å². The fraction of sp³-hybridized carbons (Fsp3) is 0.348. The summed E-state index contributed by atoms with van der Waals surface area (Å²) in [5.41, 5.74) is 2.32. The van der Waals surface area contributed by atoms with Crippen molar-refractivity contribution >= 4 is 22.6 Å². The first-order valence-electron chi connectivity index (χ1n) is 9.85. The number of rotatable bonds is 4. The largest absolute Gasteiger partial charge is 0.507 e. The molecular weight excluding hydrogens is 374 g/mol. The molecular formula is C23H24ClNO3. The van der Waals surface area contributed by atoms with Crippen LogP contribution < -0.4 is 5.43 Å². The predicted octanol–water partition coefficient (Wildman–Crippen LogP) is 5.58. The number of fused-ring (bicyclic) bond motifs is 1. The molecule has 5 heteroatoms. The fourth-order valence-corrected chi connectivity index (χ4v) is 4.29. The fourth-order valence-electron chi connectivity index (χ4n) is 4.16. The molecule has 1 saturated heterocycles. The molecule has 4 nitrogen and oxygen atoms in total. The molecule has 0 bridgehead atoms. The van der Waals surface area contributed by atoms with E-state index in [1.807, 2.05) is 0 Å². The second kappa shape index (κ2) is 7.98. The summed E-state index contributed by atoms with van der Waals surface area (Å²) in [6.45, 7) is 3.79. The lowest BCUT2D eigenvalue weighted by Gasteiger charge is -2.35. The zero-order valence-electron chi connectivity index (χ0n) is 16.0. The summed E-state index contributed by atoms with van der Waals surface area (Å²) in [5.74, 6) is 0.176. The van der Waals surface area contributed by atoms with Crippen molar-refractivity contribution in [2.24, 2.45) is 0 Å². The average molecular weight is 398 g/mol. The van der Waals surface area contributed by atoms with Gasteiger partial charge in [0.1, 0.15) is 17.6 Å². The Kier molecular flexibility index (Phi) is 5.42. The molecule has 1 atom stereocenters. The molecule has 0 radical (unpaired) electrons. The number of piperidine rings is 1. The van der Waals surface area contributed by atoms with Crippen LogP contribution in [0, 0.1) is 0 Å². The second-order valence-corrected chi connectivity index (χ2v) is 7.89. The molecule has 1 aliphatic heterocycles. The third-order valence-electron chi connectivity index (χ3n) is 5.76. The number of benzene rings is 2. The third kappa shape index (κ3) is 3.54. The van der Waals surface area contributed by atoms with Crippen molar-refractivity contribution in [2.75, 3.05) is 6.54 Å². The van der Waals surface area contributed by atoms with Crippen LogP contribution in [0.25, 0.3) is 22.1 Å². The van der Waals surface area contributed by atoms with Crippen molar-refractivity contribution in [2.45, 2.75) is 45.2 Å². The first-order valence-corrected chi connectivity index (χ1v) is 10.2. The molecule has 2 aromatic carbocycles. The van der Waals surface area contributed by atoms with E-state index in [1.165, 1.54) is 19.1 Å². The van der Waals surface area contributed by atoms with Gasteiger partial charge in [-0.05, 0) is 55.6 Å². The lowest BCUT2D eigenvalue weighted by Crippen LogP contribution is -2.38. The van der Waals surface area contributed by atoms with Gasteiger partial charge in [-0.25, -0.2) is 0 Å². The summed E-state index contributed by atoms with van der Waals surface area (Å²) >= 11 is 5.95. The maximum Gasteiger partial charge on any atom is 0.200 e. The molecule has 1 aliphatic rings. The maximum atomic E-state index is 13.1. The van der Waals surface area contributed by atoms with E-state index in [0.29, 0.717) is 39.7 Å². The van der Waals surface area contributed by atoms with Gasteiger partial charge >= 0.3 is 0 Å². The Morgan fingerprint density at radius 2 is 1.96 bits per heavy atom. The molecule has 0 aliphatic carbocycles. The highest BCUT2D eigenvalue weighted by Crippen LogP contribution is 2.31. The van der Waals surface area contributed by atoms with Gasteiger partial charge in [0, 0.05) is 17.6 Å². The van der Waals surface area contributed by atoms with Gasteiger partial charge in [0.05, 0.1) is 16.5 Å². The van der Waals surface area contributed by atoms with E-state index in [-0.39, 0.29) is 11.2 Å². The minimum absolute atomic E-state index is 0.101. The van der Waals surface area contributed by atoms with E-state index < -0.39 is 0 Å². The summed E-state index contributed by atoms with van der Waals surface area (Å²) in [6, 6.07) is 10.9. The maximum absolute atomic E-state index is 13.1. The van der Waals surface area contributed by atoms with E-state index in [2.05, 4.69) is 11.8 Å². The number of nitrogens with zero attached hydrogens (tertiary/aromatic N) is 1. The number of likely N-dealkylation sites (tertiary alicyclic amines) is 1. The molecule has 1 N–H and O–H groups in total. The molecule has 28 heavy (non-hydrogen) atoms. The Bertz CT molecular complexity index is 1040. The molecule has 4 rings (SSSR count). The van der Waals surface area contributed by atoms with Crippen molar-refractivity contribution < 1.29 is 9.52 Å². The molecule has 0 amide bonds. The van der Waals surface area contributed by atoms with Crippen LogP contribution in [0.15, 0.2) is 51.9 Å². The third-order valence-corrected chi connectivity index (χ3v) is 6.01. The van der Waals surface area contributed by atoms with Gasteiger partial charge in [0.15, 0.2) is 0 Å². The number of phenolic OH excluding ortho intramolecular Hbond substituents is 1. The molecule has 0 saturated carbocycles. The van der Waals surface area contributed by atoms with Crippen LogP contribution >= 0.6 is 11.6 Å². The highest BCUT2D eigenvalue weighted by molar-refractivity contribution is 6.30. The van der Waals surface area contributed by atoms with Crippen LogP contribution in [-0.2, 0) is 6.54 Å². The Morgan fingerprint density at radius 3 is 2.71 bits per heavy atom. The molecule has 1 aromatic heterocycles. The number of hydrogen-bond acceptors (Lipinski definition) is 4. The summed E-state index contributed by atoms with van der Waals surface area (Å²) < 4.78 is 5.91. The smallest absolute Gasteiger partial charge is 0.200 e. The summed E-state index contributed by atoms with van der Waals surface area (Å²) in [4.78, 5) is 15.5. The van der Waals surface area contributed by atoms with Gasteiger partial charge in [-0.2, -0.15) is 0 Å². The van der Waals surface area contributed by atoms with Gasteiger partial charge in [0.2, 0.25) is 5.43 Å². The average Bonchev–Trinajstić information content (AvgIpc) is 2.71. The summed E-state index contributed by atoms with van der Waals surface area (Å²) in [7, 11) is 0.